The summed E-state index contributed by atoms with van der Waals surface area (Å²) in [5, 5.41) is 3.38. The number of esters is 1. The Kier molecular flexibility index (Phi) is 7.18. The molecule has 0 saturated heterocycles. The zero-order valence-electron chi connectivity index (χ0n) is 11.3. The van der Waals surface area contributed by atoms with Crippen molar-refractivity contribution < 1.29 is 14.3 Å². The second-order valence-electron chi connectivity index (χ2n) is 4.27. The topological polar surface area (TPSA) is 47.6 Å². The lowest BCUT2D eigenvalue weighted by molar-refractivity contribution is -0.137. The first-order chi connectivity index (χ1) is 8.76. The van der Waals surface area contributed by atoms with E-state index in [1.807, 2.05) is 6.92 Å². The molecule has 1 aliphatic carbocycles. The van der Waals surface area contributed by atoms with Gasteiger partial charge in [0.05, 0.1) is 6.61 Å². The van der Waals surface area contributed by atoms with Crippen LogP contribution in [-0.4, -0.2) is 32.8 Å². The molecule has 102 valence electrons. The van der Waals surface area contributed by atoms with E-state index in [9.17, 15) is 4.79 Å². The van der Waals surface area contributed by atoms with Crippen molar-refractivity contribution in [3.63, 3.8) is 0 Å². The molecule has 4 heteroatoms. The van der Waals surface area contributed by atoms with Crippen LogP contribution in [0.15, 0.2) is 23.4 Å². The number of allylic oxidation sites excluding steroid dienone is 3. The number of rotatable bonds is 7. The predicted octanol–water partition coefficient (Wildman–Crippen LogP) is 2.17. The third-order valence-electron chi connectivity index (χ3n) is 2.74. The molecule has 0 atom stereocenters. The van der Waals surface area contributed by atoms with E-state index in [-0.39, 0.29) is 5.97 Å². The maximum Gasteiger partial charge on any atom is 0.331 e. The summed E-state index contributed by atoms with van der Waals surface area (Å²) in [5.41, 5.74) is 2.25. The lowest BCUT2D eigenvalue weighted by Gasteiger charge is -2.17. The van der Waals surface area contributed by atoms with Crippen molar-refractivity contribution in [1.29, 1.82) is 0 Å². The lowest BCUT2D eigenvalue weighted by atomic mass is 9.99. The Morgan fingerprint density at radius 2 is 2.33 bits per heavy atom. The molecule has 0 radical (unpaired) electrons. The minimum absolute atomic E-state index is 0.246. The first kappa shape index (κ1) is 14.8. The molecule has 0 heterocycles. The van der Waals surface area contributed by atoms with Gasteiger partial charge in [-0.3, -0.25) is 0 Å². The van der Waals surface area contributed by atoms with Gasteiger partial charge in [-0.15, -0.1) is 0 Å². The number of carbonyl (C=O) groups excluding carboxylic acids is 1. The van der Waals surface area contributed by atoms with Crippen molar-refractivity contribution in [2.45, 2.75) is 32.6 Å². The van der Waals surface area contributed by atoms with Crippen molar-refractivity contribution in [3.8, 4) is 0 Å². The lowest BCUT2D eigenvalue weighted by Crippen LogP contribution is -2.18. The Bertz CT molecular complexity index is 321. The molecule has 0 saturated carbocycles. The van der Waals surface area contributed by atoms with Crippen LogP contribution in [0, 0.1) is 0 Å². The van der Waals surface area contributed by atoms with Crippen LogP contribution in [0.4, 0.5) is 0 Å². The molecule has 0 bridgehead atoms. The largest absolute Gasteiger partial charge is 0.463 e. The maximum absolute atomic E-state index is 11.4. The Labute approximate surface area is 109 Å². The number of hydrogen-bond donors (Lipinski definition) is 1. The van der Waals surface area contributed by atoms with E-state index in [1.165, 1.54) is 5.70 Å². The Morgan fingerprint density at radius 3 is 3.06 bits per heavy atom. The van der Waals surface area contributed by atoms with Gasteiger partial charge in [-0.1, -0.05) is 0 Å². The number of carbonyl (C=O) groups is 1. The van der Waals surface area contributed by atoms with E-state index >= 15 is 0 Å². The maximum atomic E-state index is 11.4. The molecule has 1 rings (SSSR count). The van der Waals surface area contributed by atoms with E-state index in [0.29, 0.717) is 6.61 Å². The van der Waals surface area contributed by atoms with Crippen molar-refractivity contribution >= 4 is 5.97 Å². The smallest absolute Gasteiger partial charge is 0.331 e. The molecule has 4 nitrogen and oxygen atoms in total. The normalized spacial score (nSPS) is 17.4. The number of nitrogens with one attached hydrogen (secondary N) is 1. The summed E-state index contributed by atoms with van der Waals surface area (Å²) in [5.74, 6) is -0.246. The average Bonchev–Trinajstić information content (AvgIpc) is 2.35. The van der Waals surface area contributed by atoms with Gasteiger partial charge in [0, 0.05) is 32.0 Å². The summed E-state index contributed by atoms with van der Waals surface area (Å²) in [6.45, 7) is 3.92. The van der Waals surface area contributed by atoms with Crippen LogP contribution in [0.2, 0.25) is 0 Å². The molecule has 0 fully saturated rings. The summed E-state index contributed by atoms with van der Waals surface area (Å²) in [4.78, 5) is 11.4. The zero-order valence-corrected chi connectivity index (χ0v) is 11.3. The van der Waals surface area contributed by atoms with E-state index in [4.69, 9.17) is 9.47 Å². The molecule has 0 spiro atoms. The molecule has 0 aromatic heterocycles. The van der Waals surface area contributed by atoms with Gasteiger partial charge in [0.1, 0.15) is 0 Å². The van der Waals surface area contributed by atoms with Crippen LogP contribution in [-0.2, 0) is 14.3 Å². The zero-order chi connectivity index (χ0) is 13.2. The molecule has 0 aromatic rings. The van der Waals surface area contributed by atoms with Gasteiger partial charge >= 0.3 is 5.97 Å². The Hall–Kier alpha value is -1.29. The predicted molar refractivity (Wildman–Crippen MR) is 71.1 cm³/mol. The van der Waals surface area contributed by atoms with Crippen molar-refractivity contribution in [1.82, 2.24) is 5.32 Å². The van der Waals surface area contributed by atoms with Gasteiger partial charge in [0.15, 0.2) is 0 Å². The molecular formula is C14H23NO3. The van der Waals surface area contributed by atoms with Gasteiger partial charge in [0.2, 0.25) is 0 Å². The van der Waals surface area contributed by atoms with Crippen LogP contribution in [0.1, 0.15) is 32.6 Å². The molecule has 0 amide bonds. The monoisotopic (exact) mass is 253 g/mol. The summed E-state index contributed by atoms with van der Waals surface area (Å²) in [6.07, 6.45) is 7.72. The molecule has 1 N–H and O–H groups in total. The third kappa shape index (κ3) is 5.87. The van der Waals surface area contributed by atoms with E-state index in [2.05, 4.69) is 11.4 Å². The minimum atomic E-state index is -0.246. The number of methoxy groups -OCH3 is 1. The Balaban J connectivity index is 2.43. The highest BCUT2D eigenvalue weighted by Crippen LogP contribution is 2.20. The number of ether oxygens (including phenoxy) is 2. The fraction of sp³-hybridized carbons (Fsp3) is 0.643. The molecule has 0 aromatic carbocycles. The Morgan fingerprint density at radius 1 is 1.50 bits per heavy atom. The second kappa shape index (κ2) is 8.75. The van der Waals surface area contributed by atoms with Crippen LogP contribution in [0.3, 0.4) is 0 Å². The van der Waals surface area contributed by atoms with Gasteiger partial charge in [0.25, 0.3) is 0 Å². The standard InChI is InChI=1S/C14H23NO3/c1-3-18-14(16)11-12-6-4-7-13(10-12)15-8-5-9-17-2/h10-11,15H,3-9H2,1-2H3/b12-11-. The van der Waals surface area contributed by atoms with Gasteiger partial charge < -0.3 is 14.8 Å². The van der Waals surface area contributed by atoms with Crippen LogP contribution < -0.4 is 5.32 Å². The van der Waals surface area contributed by atoms with E-state index in [0.717, 1.165) is 44.4 Å². The SMILES string of the molecule is CCOC(=O)/C=C1\C=C(NCCCOC)CCC1. The van der Waals surface area contributed by atoms with Gasteiger partial charge in [-0.2, -0.15) is 0 Å². The molecular weight excluding hydrogens is 230 g/mol. The fourth-order valence-corrected chi connectivity index (χ4v) is 1.91. The quantitative estimate of drug-likeness (QED) is 0.429. The first-order valence-electron chi connectivity index (χ1n) is 6.57. The van der Waals surface area contributed by atoms with Crippen molar-refractivity contribution in [3.05, 3.63) is 23.4 Å². The first-order valence-corrected chi connectivity index (χ1v) is 6.57. The van der Waals surface area contributed by atoms with E-state index < -0.39 is 0 Å². The summed E-state index contributed by atoms with van der Waals surface area (Å²) in [6, 6.07) is 0. The molecule has 0 unspecified atom stereocenters. The fourth-order valence-electron chi connectivity index (χ4n) is 1.91. The molecule has 0 aliphatic heterocycles. The van der Waals surface area contributed by atoms with Crippen molar-refractivity contribution in [2.75, 3.05) is 26.9 Å². The van der Waals surface area contributed by atoms with Gasteiger partial charge in [-0.05, 0) is 44.3 Å². The highest BCUT2D eigenvalue weighted by molar-refractivity contribution is 5.83. The molecule has 18 heavy (non-hydrogen) atoms. The highest BCUT2D eigenvalue weighted by atomic mass is 16.5. The minimum Gasteiger partial charge on any atom is -0.463 e. The molecule has 1 aliphatic rings. The van der Waals surface area contributed by atoms with Crippen LogP contribution >= 0.6 is 0 Å². The highest BCUT2D eigenvalue weighted by Gasteiger charge is 2.08. The van der Waals surface area contributed by atoms with Crippen LogP contribution in [0.5, 0.6) is 0 Å². The third-order valence-corrected chi connectivity index (χ3v) is 2.74. The van der Waals surface area contributed by atoms with Gasteiger partial charge in [-0.25, -0.2) is 4.79 Å². The number of hydrogen-bond acceptors (Lipinski definition) is 4. The van der Waals surface area contributed by atoms with E-state index in [1.54, 1.807) is 13.2 Å². The second-order valence-corrected chi connectivity index (χ2v) is 4.27. The summed E-state index contributed by atoms with van der Waals surface area (Å²) < 4.78 is 9.91. The van der Waals surface area contributed by atoms with Crippen molar-refractivity contribution in [2.24, 2.45) is 0 Å². The average molecular weight is 253 g/mol. The van der Waals surface area contributed by atoms with Crippen LogP contribution in [0.25, 0.3) is 0 Å². The summed E-state index contributed by atoms with van der Waals surface area (Å²) >= 11 is 0. The summed E-state index contributed by atoms with van der Waals surface area (Å²) in [7, 11) is 1.71.